The van der Waals surface area contributed by atoms with E-state index in [4.69, 9.17) is 4.74 Å². The van der Waals surface area contributed by atoms with Crippen molar-refractivity contribution in [2.24, 2.45) is 0 Å². The summed E-state index contributed by atoms with van der Waals surface area (Å²) < 4.78 is 4.94. The molecule has 0 saturated carbocycles. The SMILES string of the molecule is CCc1[nH]nc(NCCOC)c1C. The number of hydrogen-bond donors (Lipinski definition) is 2. The highest BCUT2D eigenvalue weighted by Crippen LogP contribution is 2.14. The van der Waals surface area contributed by atoms with Crippen LogP contribution in [0.4, 0.5) is 5.82 Å². The minimum atomic E-state index is 0.702. The number of hydrogen-bond acceptors (Lipinski definition) is 3. The van der Waals surface area contributed by atoms with Crippen LogP contribution < -0.4 is 5.32 Å². The first-order valence-corrected chi connectivity index (χ1v) is 4.56. The van der Waals surface area contributed by atoms with E-state index in [1.165, 1.54) is 11.3 Å². The fraction of sp³-hybridized carbons (Fsp3) is 0.667. The van der Waals surface area contributed by atoms with Gasteiger partial charge in [-0.1, -0.05) is 6.92 Å². The molecule has 0 aromatic carbocycles. The average molecular weight is 183 g/mol. The monoisotopic (exact) mass is 183 g/mol. The Morgan fingerprint density at radius 2 is 2.31 bits per heavy atom. The normalized spacial score (nSPS) is 10.4. The Morgan fingerprint density at radius 1 is 1.54 bits per heavy atom. The molecular formula is C9H17N3O. The second-order valence-electron chi connectivity index (χ2n) is 2.95. The number of aromatic amines is 1. The number of aromatic nitrogens is 2. The molecule has 0 spiro atoms. The Bertz CT molecular complexity index is 257. The summed E-state index contributed by atoms with van der Waals surface area (Å²) in [7, 11) is 1.69. The molecule has 0 fully saturated rings. The van der Waals surface area contributed by atoms with Gasteiger partial charge < -0.3 is 10.1 Å². The zero-order chi connectivity index (χ0) is 9.68. The van der Waals surface area contributed by atoms with Crippen molar-refractivity contribution in [1.29, 1.82) is 0 Å². The highest BCUT2D eigenvalue weighted by atomic mass is 16.5. The van der Waals surface area contributed by atoms with Crippen molar-refractivity contribution in [2.75, 3.05) is 25.6 Å². The smallest absolute Gasteiger partial charge is 0.151 e. The van der Waals surface area contributed by atoms with Crippen molar-refractivity contribution in [3.8, 4) is 0 Å². The van der Waals surface area contributed by atoms with Crippen LogP contribution in [0.15, 0.2) is 0 Å². The standard InChI is InChI=1S/C9H17N3O/c1-4-8-7(2)9(12-11-8)10-5-6-13-3/h4-6H2,1-3H3,(H2,10,11,12). The maximum absolute atomic E-state index is 4.94. The first kappa shape index (κ1) is 10.1. The molecule has 1 rings (SSSR count). The van der Waals surface area contributed by atoms with Gasteiger partial charge in [0.15, 0.2) is 5.82 Å². The van der Waals surface area contributed by atoms with Gasteiger partial charge in [-0.3, -0.25) is 5.10 Å². The van der Waals surface area contributed by atoms with Crippen molar-refractivity contribution >= 4 is 5.82 Å². The van der Waals surface area contributed by atoms with Crippen LogP contribution in [0.2, 0.25) is 0 Å². The second-order valence-corrected chi connectivity index (χ2v) is 2.95. The van der Waals surface area contributed by atoms with Gasteiger partial charge in [0, 0.05) is 24.9 Å². The first-order chi connectivity index (χ1) is 6.29. The third kappa shape index (κ3) is 2.45. The van der Waals surface area contributed by atoms with E-state index in [9.17, 15) is 0 Å². The fourth-order valence-electron chi connectivity index (χ4n) is 1.22. The lowest BCUT2D eigenvalue weighted by molar-refractivity contribution is 0.210. The van der Waals surface area contributed by atoms with Crippen molar-refractivity contribution in [1.82, 2.24) is 10.2 Å². The lowest BCUT2D eigenvalue weighted by Gasteiger charge is -2.02. The van der Waals surface area contributed by atoms with E-state index < -0.39 is 0 Å². The Morgan fingerprint density at radius 3 is 2.85 bits per heavy atom. The molecular weight excluding hydrogens is 166 g/mol. The van der Waals surface area contributed by atoms with E-state index in [2.05, 4.69) is 29.4 Å². The molecule has 13 heavy (non-hydrogen) atoms. The number of rotatable bonds is 5. The zero-order valence-corrected chi connectivity index (χ0v) is 8.48. The lowest BCUT2D eigenvalue weighted by atomic mass is 10.2. The molecule has 4 heteroatoms. The molecule has 2 N–H and O–H groups in total. The van der Waals surface area contributed by atoms with Gasteiger partial charge in [0.25, 0.3) is 0 Å². The fourth-order valence-corrected chi connectivity index (χ4v) is 1.22. The maximum Gasteiger partial charge on any atom is 0.151 e. The van der Waals surface area contributed by atoms with Gasteiger partial charge in [0.1, 0.15) is 0 Å². The minimum absolute atomic E-state index is 0.702. The van der Waals surface area contributed by atoms with Gasteiger partial charge in [0.05, 0.1) is 6.61 Å². The van der Waals surface area contributed by atoms with Crippen LogP contribution in [0.5, 0.6) is 0 Å². The van der Waals surface area contributed by atoms with Crippen LogP contribution in [-0.4, -0.2) is 30.5 Å². The number of methoxy groups -OCH3 is 1. The summed E-state index contributed by atoms with van der Waals surface area (Å²) in [5.41, 5.74) is 2.40. The Kier molecular flexibility index (Phi) is 3.76. The topological polar surface area (TPSA) is 49.9 Å². The van der Waals surface area contributed by atoms with Crippen LogP contribution in [-0.2, 0) is 11.2 Å². The Labute approximate surface area is 78.7 Å². The summed E-state index contributed by atoms with van der Waals surface area (Å²) in [6.45, 7) is 5.68. The number of anilines is 1. The van der Waals surface area contributed by atoms with Crippen LogP contribution in [0, 0.1) is 6.92 Å². The van der Waals surface area contributed by atoms with E-state index >= 15 is 0 Å². The van der Waals surface area contributed by atoms with Crippen molar-refractivity contribution in [2.45, 2.75) is 20.3 Å². The van der Waals surface area contributed by atoms with Gasteiger partial charge in [-0.05, 0) is 13.3 Å². The van der Waals surface area contributed by atoms with Crippen LogP contribution in [0.3, 0.4) is 0 Å². The van der Waals surface area contributed by atoms with E-state index in [0.29, 0.717) is 6.61 Å². The third-order valence-electron chi connectivity index (χ3n) is 2.06. The summed E-state index contributed by atoms with van der Waals surface area (Å²) in [6, 6.07) is 0. The van der Waals surface area contributed by atoms with Crippen molar-refractivity contribution in [3.63, 3.8) is 0 Å². The summed E-state index contributed by atoms with van der Waals surface area (Å²) in [6.07, 6.45) is 0.991. The van der Waals surface area contributed by atoms with Crippen molar-refractivity contribution in [3.05, 3.63) is 11.3 Å². The minimum Gasteiger partial charge on any atom is -0.383 e. The van der Waals surface area contributed by atoms with E-state index in [1.807, 2.05) is 0 Å². The van der Waals surface area contributed by atoms with E-state index in [1.54, 1.807) is 7.11 Å². The highest BCUT2D eigenvalue weighted by Gasteiger charge is 2.05. The van der Waals surface area contributed by atoms with Crippen molar-refractivity contribution < 1.29 is 4.74 Å². The van der Waals surface area contributed by atoms with Crippen LogP contribution in [0.25, 0.3) is 0 Å². The van der Waals surface area contributed by atoms with Gasteiger partial charge in [0.2, 0.25) is 0 Å². The van der Waals surface area contributed by atoms with Crippen LogP contribution in [0.1, 0.15) is 18.2 Å². The molecule has 0 unspecified atom stereocenters. The molecule has 0 aliphatic carbocycles. The lowest BCUT2D eigenvalue weighted by Crippen LogP contribution is -2.08. The number of H-pyrrole nitrogens is 1. The molecule has 0 saturated heterocycles. The van der Waals surface area contributed by atoms with Gasteiger partial charge in [-0.2, -0.15) is 5.10 Å². The number of nitrogens with zero attached hydrogens (tertiary/aromatic N) is 1. The molecule has 0 radical (unpaired) electrons. The molecule has 74 valence electrons. The first-order valence-electron chi connectivity index (χ1n) is 4.56. The largest absolute Gasteiger partial charge is 0.383 e. The Balaban J connectivity index is 2.51. The zero-order valence-electron chi connectivity index (χ0n) is 8.48. The third-order valence-corrected chi connectivity index (χ3v) is 2.06. The highest BCUT2D eigenvalue weighted by molar-refractivity contribution is 5.45. The molecule has 0 atom stereocenters. The summed E-state index contributed by atoms with van der Waals surface area (Å²) in [4.78, 5) is 0. The molecule has 1 aromatic rings. The van der Waals surface area contributed by atoms with Crippen LogP contribution >= 0.6 is 0 Å². The number of nitrogens with one attached hydrogen (secondary N) is 2. The number of aryl methyl sites for hydroxylation is 1. The molecule has 4 nitrogen and oxygen atoms in total. The number of ether oxygens (including phenoxy) is 1. The quantitative estimate of drug-likeness (QED) is 0.677. The summed E-state index contributed by atoms with van der Waals surface area (Å²) >= 11 is 0. The Hall–Kier alpha value is -1.03. The molecule has 0 aliphatic rings. The maximum atomic E-state index is 4.94. The molecule has 0 bridgehead atoms. The van der Waals surface area contributed by atoms with Gasteiger partial charge in [-0.15, -0.1) is 0 Å². The predicted molar refractivity (Wildman–Crippen MR) is 53.1 cm³/mol. The summed E-state index contributed by atoms with van der Waals surface area (Å²) in [5.74, 6) is 0.939. The van der Waals surface area contributed by atoms with E-state index in [-0.39, 0.29) is 0 Å². The summed E-state index contributed by atoms with van der Waals surface area (Å²) in [5, 5.41) is 10.4. The average Bonchev–Trinajstić information content (AvgIpc) is 2.48. The second kappa shape index (κ2) is 4.87. The van der Waals surface area contributed by atoms with Gasteiger partial charge in [-0.25, -0.2) is 0 Å². The molecule has 1 aromatic heterocycles. The molecule has 1 heterocycles. The van der Waals surface area contributed by atoms with E-state index in [0.717, 1.165) is 18.8 Å². The molecule has 0 amide bonds. The van der Waals surface area contributed by atoms with Gasteiger partial charge >= 0.3 is 0 Å². The molecule has 0 aliphatic heterocycles. The predicted octanol–water partition coefficient (Wildman–Crippen LogP) is 1.34.